The summed E-state index contributed by atoms with van der Waals surface area (Å²) in [6.07, 6.45) is 0. The van der Waals surface area contributed by atoms with Gasteiger partial charge in [-0.1, -0.05) is 16.8 Å². The maximum Gasteiger partial charge on any atom is 0.240 e. The molecular weight excluding hydrogens is 348 g/mol. The molecular formula is C12H12BrClN4O2. The molecule has 2 aromatic rings. The Bertz CT molecular complexity index is 634. The highest BCUT2D eigenvalue weighted by atomic mass is 79.9. The summed E-state index contributed by atoms with van der Waals surface area (Å²) in [6, 6.07) is 3.73. The molecule has 8 heteroatoms. The van der Waals surface area contributed by atoms with E-state index in [9.17, 15) is 0 Å². The Balaban J connectivity index is 1.87. The van der Waals surface area contributed by atoms with E-state index in [4.69, 9.17) is 26.6 Å². The van der Waals surface area contributed by atoms with Gasteiger partial charge >= 0.3 is 0 Å². The van der Waals surface area contributed by atoms with Crippen molar-refractivity contribution in [2.24, 2.45) is 5.73 Å². The molecule has 1 aliphatic rings. The van der Waals surface area contributed by atoms with Gasteiger partial charge in [0.05, 0.1) is 30.3 Å². The lowest BCUT2D eigenvalue weighted by atomic mass is 10.2. The molecule has 0 aliphatic carbocycles. The Kier molecular flexibility index (Phi) is 3.82. The van der Waals surface area contributed by atoms with E-state index in [2.05, 4.69) is 31.0 Å². The van der Waals surface area contributed by atoms with E-state index in [1.807, 2.05) is 12.1 Å². The number of hydrogen-bond acceptors (Lipinski definition) is 6. The molecule has 0 bridgehead atoms. The van der Waals surface area contributed by atoms with Gasteiger partial charge in [-0.3, -0.25) is 0 Å². The molecule has 1 aliphatic heterocycles. The molecule has 0 amide bonds. The number of rotatable bonds is 3. The first-order valence-electron chi connectivity index (χ1n) is 6.05. The highest BCUT2D eigenvalue weighted by molar-refractivity contribution is 9.10. The fourth-order valence-corrected chi connectivity index (χ4v) is 2.52. The molecule has 0 fully saturated rings. The van der Waals surface area contributed by atoms with Crippen molar-refractivity contribution < 1.29 is 9.26 Å². The third-order valence-electron chi connectivity index (χ3n) is 2.98. The second-order valence-corrected chi connectivity index (χ2v) is 5.57. The molecule has 0 saturated carbocycles. The number of halogens is 2. The molecule has 1 aromatic heterocycles. The topological polar surface area (TPSA) is 77.4 Å². The summed E-state index contributed by atoms with van der Waals surface area (Å²) in [6.45, 7) is 2.10. The molecule has 0 spiro atoms. The minimum Gasteiger partial charge on any atom is -0.490 e. The molecule has 0 unspecified atom stereocenters. The zero-order valence-electron chi connectivity index (χ0n) is 10.5. The SMILES string of the molecule is NCc1nc(CN2CCOc3cc(Br)c(Cl)cc32)no1. The lowest BCUT2D eigenvalue weighted by Gasteiger charge is -2.30. The molecule has 2 N–H and O–H groups in total. The minimum atomic E-state index is 0.242. The molecule has 106 valence electrons. The maximum absolute atomic E-state index is 6.15. The van der Waals surface area contributed by atoms with Crippen LogP contribution < -0.4 is 15.4 Å². The zero-order valence-corrected chi connectivity index (χ0v) is 12.8. The van der Waals surface area contributed by atoms with E-state index >= 15 is 0 Å². The van der Waals surface area contributed by atoms with Crippen molar-refractivity contribution in [3.05, 3.63) is 33.3 Å². The van der Waals surface area contributed by atoms with Gasteiger partial charge in [0.1, 0.15) is 12.4 Å². The smallest absolute Gasteiger partial charge is 0.240 e. The van der Waals surface area contributed by atoms with Crippen LogP contribution in [-0.4, -0.2) is 23.3 Å². The number of aromatic nitrogens is 2. The number of hydrogen-bond donors (Lipinski definition) is 1. The summed E-state index contributed by atoms with van der Waals surface area (Å²) in [4.78, 5) is 6.31. The number of nitrogens with two attached hydrogens (primary N) is 1. The van der Waals surface area contributed by atoms with Crippen LogP contribution >= 0.6 is 27.5 Å². The van der Waals surface area contributed by atoms with E-state index in [-0.39, 0.29) is 6.54 Å². The Labute approximate surface area is 129 Å². The quantitative estimate of drug-likeness (QED) is 0.906. The van der Waals surface area contributed by atoms with Gasteiger partial charge in [-0.15, -0.1) is 0 Å². The Morgan fingerprint density at radius 2 is 2.30 bits per heavy atom. The van der Waals surface area contributed by atoms with Crippen molar-refractivity contribution in [2.45, 2.75) is 13.1 Å². The second kappa shape index (κ2) is 5.59. The monoisotopic (exact) mass is 358 g/mol. The van der Waals surface area contributed by atoms with Crippen molar-refractivity contribution in [3.8, 4) is 5.75 Å². The Morgan fingerprint density at radius 1 is 1.45 bits per heavy atom. The third-order valence-corrected chi connectivity index (χ3v) is 4.18. The van der Waals surface area contributed by atoms with Crippen LogP contribution in [-0.2, 0) is 13.1 Å². The van der Waals surface area contributed by atoms with Crippen molar-refractivity contribution in [2.75, 3.05) is 18.1 Å². The van der Waals surface area contributed by atoms with Crippen LogP contribution in [0.4, 0.5) is 5.69 Å². The first-order chi connectivity index (χ1) is 9.67. The normalized spacial score (nSPS) is 14.1. The Hall–Kier alpha value is -1.31. The van der Waals surface area contributed by atoms with Crippen LogP contribution in [0.25, 0.3) is 0 Å². The second-order valence-electron chi connectivity index (χ2n) is 4.31. The van der Waals surface area contributed by atoms with Crippen molar-refractivity contribution in [1.29, 1.82) is 0 Å². The first-order valence-corrected chi connectivity index (χ1v) is 7.23. The summed E-state index contributed by atoms with van der Waals surface area (Å²) in [5.74, 6) is 1.81. The van der Waals surface area contributed by atoms with E-state index in [1.165, 1.54) is 0 Å². The van der Waals surface area contributed by atoms with Gasteiger partial charge in [0, 0.05) is 4.47 Å². The lowest BCUT2D eigenvalue weighted by Crippen LogP contribution is -2.32. The largest absolute Gasteiger partial charge is 0.490 e. The van der Waals surface area contributed by atoms with E-state index < -0.39 is 0 Å². The third kappa shape index (κ3) is 2.61. The number of benzene rings is 1. The predicted molar refractivity (Wildman–Crippen MR) is 77.9 cm³/mol. The van der Waals surface area contributed by atoms with Crippen LogP contribution in [0.1, 0.15) is 11.7 Å². The molecule has 0 radical (unpaired) electrons. The molecule has 0 saturated heterocycles. The fourth-order valence-electron chi connectivity index (χ4n) is 2.04. The molecule has 6 nitrogen and oxygen atoms in total. The molecule has 0 atom stereocenters. The van der Waals surface area contributed by atoms with E-state index in [1.54, 1.807) is 0 Å². The van der Waals surface area contributed by atoms with Gasteiger partial charge in [-0.2, -0.15) is 4.98 Å². The van der Waals surface area contributed by atoms with Crippen LogP contribution in [0, 0.1) is 0 Å². The number of fused-ring (bicyclic) bond motifs is 1. The van der Waals surface area contributed by atoms with Gasteiger partial charge in [0.15, 0.2) is 5.82 Å². The average Bonchev–Trinajstić information content (AvgIpc) is 2.89. The van der Waals surface area contributed by atoms with E-state index in [0.29, 0.717) is 29.9 Å². The average molecular weight is 360 g/mol. The number of anilines is 1. The van der Waals surface area contributed by atoms with Crippen LogP contribution in [0.15, 0.2) is 21.1 Å². The van der Waals surface area contributed by atoms with Crippen LogP contribution in [0.3, 0.4) is 0 Å². The highest BCUT2D eigenvalue weighted by Crippen LogP contribution is 2.38. The summed E-state index contributed by atoms with van der Waals surface area (Å²) >= 11 is 9.53. The maximum atomic E-state index is 6.15. The van der Waals surface area contributed by atoms with Gasteiger partial charge < -0.3 is 19.9 Å². The molecule has 3 rings (SSSR count). The van der Waals surface area contributed by atoms with Gasteiger partial charge in [-0.25, -0.2) is 0 Å². The first kappa shape index (κ1) is 13.7. The van der Waals surface area contributed by atoms with Gasteiger partial charge in [0.2, 0.25) is 5.89 Å². The van der Waals surface area contributed by atoms with Crippen molar-refractivity contribution in [3.63, 3.8) is 0 Å². The predicted octanol–water partition coefficient (Wildman–Crippen LogP) is 2.34. The molecule has 1 aromatic carbocycles. The Morgan fingerprint density at radius 3 is 3.05 bits per heavy atom. The summed E-state index contributed by atoms with van der Waals surface area (Å²) in [7, 11) is 0. The van der Waals surface area contributed by atoms with Crippen molar-refractivity contribution >= 4 is 33.2 Å². The van der Waals surface area contributed by atoms with Crippen molar-refractivity contribution in [1.82, 2.24) is 10.1 Å². The van der Waals surface area contributed by atoms with Crippen LogP contribution in [0.2, 0.25) is 5.02 Å². The minimum absolute atomic E-state index is 0.242. The molecule has 20 heavy (non-hydrogen) atoms. The summed E-state index contributed by atoms with van der Waals surface area (Å²) in [5.41, 5.74) is 6.38. The summed E-state index contributed by atoms with van der Waals surface area (Å²) < 4.78 is 11.5. The van der Waals surface area contributed by atoms with Crippen LogP contribution in [0.5, 0.6) is 5.75 Å². The number of ether oxygens (including phenoxy) is 1. The fraction of sp³-hybridized carbons (Fsp3) is 0.333. The molecule has 2 heterocycles. The zero-order chi connectivity index (χ0) is 14.1. The van der Waals surface area contributed by atoms with Gasteiger partial charge in [-0.05, 0) is 28.1 Å². The number of nitrogens with zero attached hydrogens (tertiary/aromatic N) is 3. The standard InChI is InChI=1S/C12H12BrClN4O2/c13-7-3-10-9(4-8(7)14)18(1-2-19-10)6-11-16-12(5-15)20-17-11/h3-4H,1-2,5-6,15H2. The summed E-state index contributed by atoms with van der Waals surface area (Å²) in [5, 5.41) is 4.54. The lowest BCUT2D eigenvalue weighted by molar-refractivity contribution is 0.305. The highest BCUT2D eigenvalue weighted by Gasteiger charge is 2.21. The van der Waals surface area contributed by atoms with E-state index in [0.717, 1.165) is 22.5 Å². The van der Waals surface area contributed by atoms with Gasteiger partial charge in [0.25, 0.3) is 0 Å².